The van der Waals surface area contributed by atoms with E-state index < -0.39 is 5.97 Å². The number of rotatable bonds is 4. The predicted molar refractivity (Wildman–Crippen MR) is 81.6 cm³/mol. The molecule has 2 N–H and O–H groups in total. The van der Waals surface area contributed by atoms with Crippen molar-refractivity contribution in [2.24, 2.45) is 0 Å². The van der Waals surface area contributed by atoms with Gasteiger partial charge in [0.15, 0.2) is 0 Å². The second kappa shape index (κ2) is 5.32. The molecule has 106 valence electrons. The average molecular weight is 281 g/mol. The quantitative estimate of drug-likeness (QED) is 0.769. The van der Waals surface area contributed by atoms with E-state index in [9.17, 15) is 9.90 Å². The molecule has 0 aliphatic heterocycles. The van der Waals surface area contributed by atoms with Crippen LogP contribution < -0.4 is 4.74 Å². The summed E-state index contributed by atoms with van der Waals surface area (Å²) in [7, 11) is 1.61. The van der Waals surface area contributed by atoms with Gasteiger partial charge in [-0.3, -0.25) is 4.79 Å². The highest BCUT2D eigenvalue weighted by Crippen LogP contribution is 2.35. The molecule has 0 saturated carbocycles. The summed E-state index contributed by atoms with van der Waals surface area (Å²) in [6.07, 6.45) is -0.0304. The maximum absolute atomic E-state index is 11.2. The number of fused-ring (bicyclic) bond motifs is 1. The van der Waals surface area contributed by atoms with Crippen molar-refractivity contribution in [1.82, 2.24) is 4.98 Å². The zero-order chi connectivity index (χ0) is 14.8. The Kier molecular flexibility index (Phi) is 3.36. The maximum atomic E-state index is 11.2. The van der Waals surface area contributed by atoms with Gasteiger partial charge in [0, 0.05) is 16.5 Å². The molecule has 0 spiro atoms. The Morgan fingerprint density at radius 2 is 1.86 bits per heavy atom. The number of ether oxygens (including phenoxy) is 1. The lowest BCUT2D eigenvalue weighted by Gasteiger charge is -2.08. The first-order valence-corrected chi connectivity index (χ1v) is 6.65. The van der Waals surface area contributed by atoms with Crippen molar-refractivity contribution in [2.75, 3.05) is 7.11 Å². The molecular formula is C17H15NO3. The number of nitrogens with one attached hydrogen (secondary N) is 1. The SMILES string of the molecule is COc1ccccc1-c1[nH]c2ccccc2c1CC(=O)O. The molecule has 0 fully saturated rings. The maximum Gasteiger partial charge on any atom is 0.307 e. The normalized spacial score (nSPS) is 10.7. The number of hydrogen-bond donors (Lipinski definition) is 2. The van der Waals surface area contributed by atoms with Crippen LogP contribution in [-0.4, -0.2) is 23.2 Å². The Morgan fingerprint density at radius 3 is 2.62 bits per heavy atom. The van der Waals surface area contributed by atoms with Crippen LogP contribution in [0.1, 0.15) is 5.56 Å². The summed E-state index contributed by atoms with van der Waals surface area (Å²) in [4.78, 5) is 14.5. The Labute approximate surface area is 122 Å². The van der Waals surface area contributed by atoms with Crippen molar-refractivity contribution in [1.29, 1.82) is 0 Å². The molecule has 0 amide bonds. The first-order chi connectivity index (χ1) is 10.2. The van der Waals surface area contributed by atoms with Gasteiger partial charge in [0.25, 0.3) is 0 Å². The number of hydrogen-bond acceptors (Lipinski definition) is 2. The lowest BCUT2D eigenvalue weighted by Crippen LogP contribution is -2.01. The topological polar surface area (TPSA) is 62.3 Å². The first kappa shape index (κ1) is 13.2. The smallest absolute Gasteiger partial charge is 0.307 e. The lowest BCUT2D eigenvalue weighted by molar-refractivity contribution is -0.136. The number of H-pyrrole nitrogens is 1. The standard InChI is InChI=1S/C17H15NO3/c1-21-15-9-5-3-7-12(15)17-13(10-16(19)20)11-6-2-4-8-14(11)18-17/h2-9,18H,10H2,1H3,(H,19,20). The molecule has 3 rings (SSSR count). The van der Waals surface area contributed by atoms with E-state index in [4.69, 9.17) is 4.74 Å². The third-order valence-electron chi connectivity index (χ3n) is 3.52. The molecule has 0 bridgehead atoms. The molecule has 0 saturated heterocycles. The summed E-state index contributed by atoms with van der Waals surface area (Å²) in [5, 5.41) is 10.1. The van der Waals surface area contributed by atoms with E-state index in [2.05, 4.69) is 4.98 Å². The minimum Gasteiger partial charge on any atom is -0.496 e. The van der Waals surface area contributed by atoms with E-state index in [1.54, 1.807) is 7.11 Å². The van der Waals surface area contributed by atoms with Gasteiger partial charge in [-0.2, -0.15) is 0 Å². The summed E-state index contributed by atoms with van der Waals surface area (Å²) >= 11 is 0. The fourth-order valence-corrected chi connectivity index (χ4v) is 2.62. The molecule has 0 aliphatic rings. The number of para-hydroxylation sites is 2. The van der Waals surface area contributed by atoms with Crippen LogP contribution in [0.4, 0.5) is 0 Å². The molecule has 0 radical (unpaired) electrons. The number of aromatic amines is 1. The Bertz CT molecular complexity index is 805. The molecular weight excluding hydrogens is 266 g/mol. The number of carbonyl (C=O) groups is 1. The summed E-state index contributed by atoms with van der Waals surface area (Å²) in [5.41, 5.74) is 3.38. The van der Waals surface area contributed by atoms with Gasteiger partial charge in [-0.05, 0) is 23.8 Å². The monoisotopic (exact) mass is 281 g/mol. The van der Waals surface area contributed by atoms with Gasteiger partial charge in [0.2, 0.25) is 0 Å². The number of carboxylic acid groups (broad SMARTS) is 1. The van der Waals surface area contributed by atoms with Crippen LogP contribution in [0.2, 0.25) is 0 Å². The second-order valence-electron chi connectivity index (χ2n) is 4.79. The second-order valence-corrected chi connectivity index (χ2v) is 4.79. The van der Waals surface area contributed by atoms with Crippen LogP contribution >= 0.6 is 0 Å². The summed E-state index contributed by atoms with van der Waals surface area (Å²) in [6, 6.07) is 15.3. The van der Waals surface area contributed by atoms with Crippen LogP contribution in [0.25, 0.3) is 22.2 Å². The number of methoxy groups -OCH3 is 1. The van der Waals surface area contributed by atoms with Gasteiger partial charge >= 0.3 is 5.97 Å². The Balaban J connectivity index is 2.28. The van der Waals surface area contributed by atoms with Gasteiger partial charge in [-0.1, -0.05) is 30.3 Å². The largest absolute Gasteiger partial charge is 0.496 e. The van der Waals surface area contributed by atoms with Gasteiger partial charge in [-0.15, -0.1) is 0 Å². The molecule has 1 aromatic heterocycles. The van der Waals surface area contributed by atoms with Crippen LogP contribution in [0, 0.1) is 0 Å². The fourth-order valence-electron chi connectivity index (χ4n) is 2.62. The van der Waals surface area contributed by atoms with Crippen LogP contribution in [0.15, 0.2) is 48.5 Å². The molecule has 4 heteroatoms. The van der Waals surface area contributed by atoms with Crippen LogP contribution in [0.3, 0.4) is 0 Å². The van der Waals surface area contributed by atoms with Crippen molar-refractivity contribution >= 4 is 16.9 Å². The number of aromatic nitrogens is 1. The highest BCUT2D eigenvalue weighted by molar-refractivity contribution is 5.94. The van der Waals surface area contributed by atoms with Gasteiger partial charge in [0.1, 0.15) is 5.75 Å². The van der Waals surface area contributed by atoms with Crippen molar-refractivity contribution in [3.8, 4) is 17.0 Å². The van der Waals surface area contributed by atoms with Gasteiger partial charge < -0.3 is 14.8 Å². The van der Waals surface area contributed by atoms with Crippen LogP contribution in [-0.2, 0) is 11.2 Å². The van der Waals surface area contributed by atoms with E-state index in [0.29, 0.717) is 0 Å². The molecule has 0 unspecified atom stereocenters. The van der Waals surface area contributed by atoms with Crippen molar-refractivity contribution in [2.45, 2.75) is 6.42 Å². The molecule has 3 aromatic rings. The minimum absolute atomic E-state index is 0.0304. The zero-order valence-electron chi connectivity index (χ0n) is 11.6. The molecule has 21 heavy (non-hydrogen) atoms. The highest BCUT2D eigenvalue weighted by atomic mass is 16.5. The van der Waals surface area contributed by atoms with Crippen molar-refractivity contribution < 1.29 is 14.6 Å². The fraction of sp³-hybridized carbons (Fsp3) is 0.118. The van der Waals surface area contributed by atoms with Gasteiger partial charge in [0.05, 0.1) is 19.2 Å². The van der Waals surface area contributed by atoms with Gasteiger partial charge in [-0.25, -0.2) is 0 Å². The summed E-state index contributed by atoms with van der Waals surface area (Å²) in [5.74, 6) is -0.133. The third-order valence-corrected chi connectivity index (χ3v) is 3.52. The molecule has 4 nitrogen and oxygen atoms in total. The number of carboxylic acids is 1. The third kappa shape index (κ3) is 2.36. The van der Waals surface area contributed by atoms with E-state index in [-0.39, 0.29) is 6.42 Å². The molecule has 0 atom stereocenters. The van der Waals surface area contributed by atoms with Crippen molar-refractivity contribution in [3.63, 3.8) is 0 Å². The molecule has 1 heterocycles. The zero-order valence-corrected chi connectivity index (χ0v) is 11.6. The van der Waals surface area contributed by atoms with E-state index >= 15 is 0 Å². The van der Waals surface area contributed by atoms with E-state index in [0.717, 1.165) is 33.5 Å². The van der Waals surface area contributed by atoms with E-state index in [1.807, 2.05) is 48.5 Å². The minimum atomic E-state index is -0.851. The first-order valence-electron chi connectivity index (χ1n) is 6.65. The number of aliphatic carboxylic acids is 1. The van der Waals surface area contributed by atoms with Crippen molar-refractivity contribution in [3.05, 3.63) is 54.1 Å². The average Bonchev–Trinajstić information content (AvgIpc) is 2.85. The Morgan fingerprint density at radius 1 is 1.14 bits per heavy atom. The number of benzene rings is 2. The Hall–Kier alpha value is -2.75. The predicted octanol–water partition coefficient (Wildman–Crippen LogP) is 3.47. The summed E-state index contributed by atoms with van der Waals surface area (Å²) in [6.45, 7) is 0. The van der Waals surface area contributed by atoms with Crippen LogP contribution in [0.5, 0.6) is 5.75 Å². The lowest BCUT2D eigenvalue weighted by atomic mass is 10.0. The highest BCUT2D eigenvalue weighted by Gasteiger charge is 2.17. The molecule has 0 aliphatic carbocycles. The van der Waals surface area contributed by atoms with E-state index in [1.165, 1.54) is 0 Å². The molecule has 2 aromatic carbocycles. The summed E-state index contributed by atoms with van der Waals surface area (Å²) < 4.78 is 5.39.